The van der Waals surface area contributed by atoms with E-state index < -0.39 is 0 Å². The van der Waals surface area contributed by atoms with Crippen LogP contribution < -0.4 is 5.32 Å². The average molecular weight is 582 g/mol. The van der Waals surface area contributed by atoms with Gasteiger partial charge < -0.3 is 14.6 Å². The van der Waals surface area contributed by atoms with Gasteiger partial charge >= 0.3 is 5.97 Å². The van der Waals surface area contributed by atoms with Crippen LogP contribution in [0.1, 0.15) is 51.7 Å². The molecule has 39 heavy (non-hydrogen) atoms. The van der Waals surface area contributed by atoms with Crippen LogP contribution in [0.3, 0.4) is 0 Å². The molecule has 1 atom stereocenters. The molecule has 0 bridgehead atoms. The van der Waals surface area contributed by atoms with Gasteiger partial charge in [-0.3, -0.25) is 4.79 Å². The maximum absolute atomic E-state index is 13.0. The van der Waals surface area contributed by atoms with Gasteiger partial charge in [-0.15, -0.1) is 0 Å². The van der Waals surface area contributed by atoms with Gasteiger partial charge in [-0.25, -0.2) is 4.79 Å². The van der Waals surface area contributed by atoms with Gasteiger partial charge in [0.25, 0.3) is 5.91 Å². The molecule has 0 radical (unpaired) electrons. The molecule has 0 saturated carbocycles. The maximum atomic E-state index is 13.0. The summed E-state index contributed by atoms with van der Waals surface area (Å²) in [5.41, 5.74) is 6.57. The number of nitrogens with zero attached hydrogens (tertiary/aromatic N) is 1. The third-order valence-electron chi connectivity index (χ3n) is 6.82. The van der Waals surface area contributed by atoms with Crippen LogP contribution in [0.2, 0.25) is 0 Å². The maximum Gasteiger partial charge on any atom is 0.338 e. The van der Waals surface area contributed by atoms with Gasteiger partial charge in [0.1, 0.15) is 0 Å². The summed E-state index contributed by atoms with van der Waals surface area (Å²) in [7, 11) is 0. The molecule has 0 aliphatic carbocycles. The van der Waals surface area contributed by atoms with Crippen molar-refractivity contribution >= 4 is 38.7 Å². The lowest BCUT2D eigenvalue weighted by Crippen LogP contribution is -2.26. The summed E-state index contributed by atoms with van der Waals surface area (Å²) in [5.74, 6) is -0.413. The quantitative estimate of drug-likeness (QED) is 0.190. The number of fused-ring (bicyclic) bond motifs is 1. The van der Waals surface area contributed by atoms with Crippen LogP contribution >= 0.6 is 15.9 Å². The first-order valence-corrected chi connectivity index (χ1v) is 13.7. The number of nitrogens with one attached hydrogen (secondary N) is 1. The lowest BCUT2D eigenvalue weighted by Gasteiger charge is -2.15. The Bertz CT molecular complexity index is 1620. The minimum Gasteiger partial charge on any atom is -0.462 e. The number of hydrogen-bond acceptors (Lipinski definition) is 3. The molecule has 0 aliphatic heterocycles. The Labute approximate surface area is 236 Å². The van der Waals surface area contributed by atoms with E-state index in [0.717, 1.165) is 37.6 Å². The molecule has 5 nitrogen and oxygen atoms in total. The molecular formula is C33H29BrN2O3. The van der Waals surface area contributed by atoms with Gasteiger partial charge in [0.2, 0.25) is 0 Å². The van der Waals surface area contributed by atoms with Gasteiger partial charge in [-0.1, -0.05) is 64.5 Å². The minimum absolute atomic E-state index is 0.100. The predicted molar refractivity (Wildman–Crippen MR) is 159 cm³/mol. The van der Waals surface area contributed by atoms with Crippen molar-refractivity contribution in [3.63, 3.8) is 0 Å². The Morgan fingerprint density at radius 2 is 1.62 bits per heavy atom. The molecule has 1 heterocycles. The van der Waals surface area contributed by atoms with E-state index in [1.807, 2.05) is 79.7 Å². The highest BCUT2D eigenvalue weighted by atomic mass is 79.9. The Balaban J connectivity index is 1.34. The molecule has 0 fully saturated rings. The smallest absolute Gasteiger partial charge is 0.338 e. The normalized spacial score (nSPS) is 11.8. The number of aromatic nitrogens is 1. The van der Waals surface area contributed by atoms with Gasteiger partial charge in [0.05, 0.1) is 18.2 Å². The van der Waals surface area contributed by atoms with Crippen LogP contribution in [0.5, 0.6) is 0 Å². The SMILES string of the molecule is CCOC(=O)c1ccc(-c2ccccc2Cn2ccc3cc(C(=O)N[C@@H](C)c4ccc(Br)cc4)ccc32)cc1. The van der Waals surface area contributed by atoms with Crippen molar-refractivity contribution in [3.8, 4) is 11.1 Å². The van der Waals surface area contributed by atoms with E-state index in [9.17, 15) is 9.59 Å². The van der Waals surface area contributed by atoms with Crippen molar-refractivity contribution in [3.05, 3.63) is 130 Å². The summed E-state index contributed by atoms with van der Waals surface area (Å²) >= 11 is 3.45. The van der Waals surface area contributed by atoms with E-state index in [1.165, 1.54) is 0 Å². The second kappa shape index (κ2) is 11.7. The van der Waals surface area contributed by atoms with E-state index in [4.69, 9.17) is 4.74 Å². The molecule has 1 amide bonds. The first kappa shape index (κ1) is 26.4. The zero-order chi connectivity index (χ0) is 27.4. The number of carbonyl (C=O) groups excluding carboxylic acids is 2. The first-order valence-electron chi connectivity index (χ1n) is 12.9. The summed E-state index contributed by atoms with van der Waals surface area (Å²) in [5, 5.41) is 4.11. The summed E-state index contributed by atoms with van der Waals surface area (Å²) in [6.45, 7) is 4.81. The first-order chi connectivity index (χ1) is 18.9. The van der Waals surface area contributed by atoms with Crippen molar-refractivity contribution in [2.75, 3.05) is 6.61 Å². The summed E-state index contributed by atoms with van der Waals surface area (Å²) in [4.78, 5) is 25.0. The Morgan fingerprint density at radius 3 is 2.36 bits per heavy atom. The molecule has 0 aliphatic rings. The number of halogens is 1. The largest absolute Gasteiger partial charge is 0.462 e. The summed E-state index contributed by atoms with van der Waals surface area (Å²) in [6, 6.07) is 31.5. The monoisotopic (exact) mass is 580 g/mol. The van der Waals surface area contributed by atoms with E-state index in [2.05, 4.69) is 44.1 Å². The van der Waals surface area contributed by atoms with Crippen LogP contribution in [0.4, 0.5) is 0 Å². The van der Waals surface area contributed by atoms with Gasteiger partial charge in [-0.05, 0) is 84.6 Å². The van der Waals surface area contributed by atoms with Crippen molar-refractivity contribution in [2.45, 2.75) is 26.4 Å². The molecule has 5 aromatic rings. The van der Waals surface area contributed by atoms with Crippen molar-refractivity contribution in [2.24, 2.45) is 0 Å². The molecule has 0 spiro atoms. The zero-order valence-electron chi connectivity index (χ0n) is 21.9. The van der Waals surface area contributed by atoms with E-state index in [0.29, 0.717) is 24.3 Å². The Kier molecular flexibility index (Phi) is 7.94. The number of rotatable bonds is 8. The van der Waals surface area contributed by atoms with Crippen LogP contribution in [0.25, 0.3) is 22.0 Å². The second-order valence-electron chi connectivity index (χ2n) is 9.42. The fourth-order valence-electron chi connectivity index (χ4n) is 4.72. The minimum atomic E-state index is -0.313. The van der Waals surface area contributed by atoms with E-state index in [1.54, 1.807) is 19.1 Å². The van der Waals surface area contributed by atoms with Gasteiger partial charge in [0.15, 0.2) is 0 Å². The zero-order valence-corrected chi connectivity index (χ0v) is 23.4. The van der Waals surface area contributed by atoms with Crippen molar-refractivity contribution < 1.29 is 14.3 Å². The predicted octanol–water partition coefficient (Wildman–Crippen LogP) is 7.79. The highest BCUT2D eigenvalue weighted by Crippen LogP contribution is 2.27. The molecule has 196 valence electrons. The van der Waals surface area contributed by atoms with Gasteiger partial charge in [0, 0.05) is 33.7 Å². The number of carbonyl (C=O) groups is 2. The van der Waals surface area contributed by atoms with Crippen LogP contribution in [-0.4, -0.2) is 23.1 Å². The molecular weight excluding hydrogens is 552 g/mol. The van der Waals surface area contributed by atoms with Crippen LogP contribution in [0.15, 0.2) is 108 Å². The van der Waals surface area contributed by atoms with Gasteiger partial charge in [-0.2, -0.15) is 0 Å². The molecule has 0 unspecified atom stereocenters. The lowest BCUT2D eigenvalue weighted by molar-refractivity contribution is 0.0526. The molecule has 6 heteroatoms. The average Bonchev–Trinajstić information content (AvgIpc) is 3.35. The second-order valence-corrected chi connectivity index (χ2v) is 10.3. The highest BCUT2D eigenvalue weighted by Gasteiger charge is 2.14. The Hall–Kier alpha value is -4.16. The molecule has 4 aromatic carbocycles. The number of benzene rings is 4. The van der Waals surface area contributed by atoms with Crippen molar-refractivity contribution in [1.29, 1.82) is 0 Å². The molecule has 0 saturated heterocycles. The van der Waals surface area contributed by atoms with E-state index in [-0.39, 0.29) is 17.9 Å². The third-order valence-corrected chi connectivity index (χ3v) is 7.34. The fourth-order valence-corrected chi connectivity index (χ4v) is 4.98. The standard InChI is InChI=1S/C33H29BrN2O3/c1-3-39-33(38)25-10-8-24(9-11-25)30-7-5-4-6-28(30)21-36-19-18-26-20-27(14-17-31(26)36)32(37)35-22(2)23-12-15-29(34)16-13-23/h4-20,22H,3,21H2,1-2H3,(H,35,37)/t22-/m0/s1. The lowest BCUT2D eigenvalue weighted by atomic mass is 9.98. The number of esters is 1. The summed E-state index contributed by atoms with van der Waals surface area (Å²) in [6.07, 6.45) is 2.05. The number of ether oxygens (including phenoxy) is 1. The highest BCUT2D eigenvalue weighted by molar-refractivity contribution is 9.10. The van der Waals surface area contributed by atoms with Crippen molar-refractivity contribution in [1.82, 2.24) is 9.88 Å². The third kappa shape index (κ3) is 5.96. The molecule has 1 aromatic heterocycles. The Morgan fingerprint density at radius 1 is 0.897 bits per heavy atom. The number of hydrogen-bond donors (Lipinski definition) is 1. The van der Waals surface area contributed by atoms with E-state index >= 15 is 0 Å². The summed E-state index contributed by atoms with van der Waals surface area (Å²) < 4.78 is 8.30. The van der Waals surface area contributed by atoms with Crippen LogP contribution in [0, 0.1) is 0 Å². The molecule has 1 N–H and O–H groups in total. The fraction of sp³-hybridized carbons (Fsp3) is 0.152. The topological polar surface area (TPSA) is 60.3 Å². The number of amides is 1. The molecule has 5 rings (SSSR count). The van der Waals surface area contributed by atoms with Crippen LogP contribution in [-0.2, 0) is 11.3 Å².